The summed E-state index contributed by atoms with van der Waals surface area (Å²) in [5, 5.41) is 18.0. The number of aliphatic hydroxyl groups is 1. The lowest BCUT2D eigenvalue weighted by molar-refractivity contribution is 0.167. The lowest BCUT2D eigenvalue weighted by Gasteiger charge is -2.12. The van der Waals surface area contributed by atoms with E-state index in [1.165, 1.54) is 0 Å². The van der Waals surface area contributed by atoms with Gasteiger partial charge < -0.3 is 5.11 Å². The first-order valence-corrected chi connectivity index (χ1v) is 5.13. The van der Waals surface area contributed by atoms with Crippen LogP contribution in [0.5, 0.6) is 0 Å². The van der Waals surface area contributed by atoms with Crippen molar-refractivity contribution in [3.05, 3.63) is 23.0 Å². The van der Waals surface area contributed by atoms with Crippen molar-refractivity contribution >= 4 is 0 Å². The summed E-state index contributed by atoms with van der Waals surface area (Å²) in [5.74, 6) is 2.52. The molecule has 1 rings (SSSR count). The van der Waals surface area contributed by atoms with Gasteiger partial charge in [-0.3, -0.25) is 0 Å². The van der Waals surface area contributed by atoms with Crippen LogP contribution in [0.25, 0.3) is 0 Å². The Labute approximate surface area is 90.6 Å². The van der Waals surface area contributed by atoms with Crippen molar-refractivity contribution in [1.29, 1.82) is 0 Å². The fourth-order valence-corrected chi connectivity index (χ4v) is 1.47. The molecule has 0 amide bonds. The SMILES string of the molecule is C#CCCC(O)c1cc(C)nnc1CC. The summed E-state index contributed by atoms with van der Waals surface area (Å²) in [6.45, 7) is 3.86. The highest BCUT2D eigenvalue weighted by molar-refractivity contribution is 5.23. The minimum absolute atomic E-state index is 0.523. The Morgan fingerprint density at radius 1 is 1.53 bits per heavy atom. The maximum atomic E-state index is 9.92. The lowest BCUT2D eigenvalue weighted by atomic mass is 10.0. The highest BCUT2D eigenvalue weighted by Crippen LogP contribution is 2.21. The van der Waals surface area contributed by atoms with Crippen LogP contribution in [0.2, 0.25) is 0 Å². The molecule has 80 valence electrons. The number of aliphatic hydroxyl groups excluding tert-OH is 1. The third kappa shape index (κ3) is 3.03. The Bertz CT molecular complexity index is 368. The van der Waals surface area contributed by atoms with Gasteiger partial charge in [0.1, 0.15) is 0 Å². The maximum Gasteiger partial charge on any atom is 0.0818 e. The molecule has 0 aliphatic rings. The Hall–Kier alpha value is -1.40. The van der Waals surface area contributed by atoms with E-state index < -0.39 is 6.10 Å². The predicted octanol–water partition coefficient (Wildman–Crippen LogP) is 1.79. The molecular weight excluding hydrogens is 188 g/mol. The van der Waals surface area contributed by atoms with Crippen molar-refractivity contribution in [2.45, 2.75) is 39.2 Å². The van der Waals surface area contributed by atoms with E-state index in [1.54, 1.807) is 0 Å². The molecular formula is C12H16N2O. The largest absolute Gasteiger partial charge is 0.388 e. The van der Waals surface area contributed by atoms with Gasteiger partial charge in [0, 0.05) is 12.0 Å². The predicted molar refractivity (Wildman–Crippen MR) is 59.2 cm³/mol. The van der Waals surface area contributed by atoms with Crippen molar-refractivity contribution in [3.8, 4) is 12.3 Å². The first-order chi connectivity index (χ1) is 7.19. The van der Waals surface area contributed by atoms with Gasteiger partial charge in [0.05, 0.1) is 17.5 Å². The van der Waals surface area contributed by atoms with E-state index in [2.05, 4.69) is 16.1 Å². The summed E-state index contributed by atoms with van der Waals surface area (Å²) in [4.78, 5) is 0. The third-order valence-electron chi connectivity index (χ3n) is 2.28. The molecule has 0 fully saturated rings. The molecule has 3 heteroatoms. The van der Waals surface area contributed by atoms with Crippen molar-refractivity contribution in [2.75, 3.05) is 0 Å². The highest BCUT2D eigenvalue weighted by Gasteiger charge is 2.12. The van der Waals surface area contributed by atoms with E-state index >= 15 is 0 Å². The Morgan fingerprint density at radius 2 is 2.27 bits per heavy atom. The van der Waals surface area contributed by atoms with Gasteiger partial charge in [-0.05, 0) is 25.8 Å². The second-order valence-electron chi connectivity index (χ2n) is 3.50. The van der Waals surface area contributed by atoms with Gasteiger partial charge in [0.2, 0.25) is 0 Å². The number of nitrogens with zero attached hydrogens (tertiary/aromatic N) is 2. The summed E-state index contributed by atoms with van der Waals surface area (Å²) in [7, 11) is 0. The van der Waals surface area contributed by atoms with E-state index in [1.807, 2.05) is 19.9 Å². The molecule has 1 N–H and O–H groups in total. The molecule has 3 nitrogen and oxygen atoms in total. The average Bonchev–Trinajstić information content (AvgIpc) is 2.25. The third-order valence-corrected chi connectivity index (χ3v) is 2.28. The van der Waals surface area contributed by atoms with Gasteiger partial charge in [0.15, 0.2) is 0 Å². The first-order valence-electron chi connectivity index (χ1n) is 5.13. The van der Waals surface area contributed by atoms with Crippen molar-refractivity contribution < 1.29 is 5.11 Å². The Morgan fingerprint density at radius 3 is 2.87 bits per heavy atom. The summed E-state index contributed by atoms with van der Waals surface area (Å²) in [5.41, 5.74) is 2.53. The van der Waals surface area contributed by atoms with Crippen LogP contribution in [0.4, 0.5) is 0 Å². The van der Waals surface area contributed by atoms with Crippen LogP contribution in [-0.4, -0.2) is 15.3 Å². The van der Waals surface area contributed by atoms with Crippen molar-refractivity contribution in [2.24, 2.45) is 0 Å². The number of aryl methyl sites for hydroxylation is 2. The minimum atomic E-state index is -0.523. The van der Waals surface area contributed by atoms with Crippen LogP contribution in [0.1, 0.15) is 42.8 Å². The molecule has 0 saturated carbocycles. The van der Waals surface area contributed by atoms with Crippen LogP contribution in [0, 0.1) is 19.3 Å². The number of hydrogen-bond donors (Lipinski definition) is 1. The molecule has 15 heavy (non-hydrogen) atoms. The van der Waals surface area contributed by atoms with Gasteiger partial charge in [-0.25, -0.2) is 0 Å². The molecule has 0 aromatic carbocycles. The van der Waals surface area contributed by atoms with Crippen LogP contribution in [0.15, 0.2) is 6.07 Å². The van der Waals surface area contributed by atoms with Crippen LogP contribution < -0.4 is 0 Å². The smallest absolute Gasteiger partial charge is 0.0818 e. The zero-order valence-electron chi connectivity index (χ0n) is 9.20. The van der Waals surface area contributed by atoms with Gasteiger partial charge in [-0.1, -0.05) is 6.92 Å². The zero-order chi connectivity index (χ0) is 11.3. The normalized spacial score (nSPS) is 12.1. The summed E-state index contributed by atoms with van der Waals surface area (Å²) < 4.78 is 0. The molecule has 1 unspecified atom stereocenters. The molecule has 0 saturated heterocycles. The highest BCUT2D eigenvalue weighted by atomic mass is 16.3. The van der Waals surface area contributed by atoms with E-state index in [0.29, 0.717) is 12.8 Å². The number of rotatable bonds is 4. The molecule has 0 aliphatic carbocycles. The molecule has 0 aliphatic heterocycles. The fourth-order valence-electron chi connectivity index (χ4n) is 1.47. The first kappa shape index (κ1) is 11.7. The number of terminal acetylenes is 1. The molecule has 1 aromatic heterocycles. The Balaban J connectivity index is 2.90. The quantitative estimate of drug-likeness (QED) is 0.761. The standard InChI is InChI=1S/C12H16N2O/c1-4-6-7-12(15)10-8-9(3)13-14-11(10)5-2/h1,8,12,15H,5-7H2,2-3H3. The van der Waals surface area contributed by atoms with Crippen LogP contribution in [-0.2, 0) is 6.42 Å². The second-order valence-corrected chi connectivity index (χ2v) is 3.50. The fraction of sp³-hybridized carbons (Fsp3) is 0.500. The van der Waals surface area contributed by atoms with E-state index in [9.17, 15) is 5.11 Å². The van der Waals surface area contributed by atoms with E-state index in [-0.39, 0.29) is 0 Å². The van der Waals surface area contributed by atoms with E-state index in [0.717, 1.165) is 23.4 Å². The molecule has 1 aromatic rings. The molecule has 0 radical (unpaired) electrons. The Kier molecular flexibility index (Phi) is 4.26. The molecule has 1 heterocycles. The van der Waals surface area contributed by atoms with Crippen LogP contribution >= 0.6 is 0 Å². The monoisotopic (exact) mass is 204 g/mol. The topological polar surface area (TPSA) is 46.0 Å². The molecule has 0 bridgehead atoms. The number of aromatic nitrogens is 2. The summed E-state index contributed by atoms with van der Waals surface area (Å²) in [6.07, 6.45) is 6.57. The van der Waals surface area contributed by atoms with Gasteiger partial charge in [-0.15, -0.1) is 12.3 Å². The van der Waals surface area contributed by atoms with E-state index in [4.69, 9.17) is 6.42 Å². The maximum absolute atomic E-state index is 9.92. The lowest BCUT2D eigenvalue weighted by Crippen LogP contribution is -2.06. The average molecular weight is 204 g/mol. The minimum Gasteiger partial charge on any atom is -0.388 e. The summed E-state index contributed by atoms with van der Waals surface area (Å²) >= 11 is 0. The van der Waals surface area contributed by atoms with Gasteiger partial charge in [-0.2, -0.15) is 10.2 Å². The second kappa shape index (κ2) is 5.47. The van der Waals surface area contributed by atoms with Crippen molar-refractivity contribution in [1.82, 2.24) is 10.2 Å². The zero-order valence-corrected chi connectivity index (χ0v) is 9.20. The van der Waals surface area contributed by atoms with Crippen molar-refractivity contribution in [3.63, 3.8) is 0 Å². The number of hydrogen-bond acceptors (Lipinski definition) is 3. The van der Waals surface area contributed by atoms with Gasteiger partial charge >= 0.3 is 0 Å². The van der Waals surface area contributed by atoms with Gasteiger partial charge in [0.25, 0.3) is 0 Å². The molecule has 1 atom stereocenters. The summed E-state index contributed by atoms with van der Waals surface area (Å²) in [6, 6.07) is 1.88. The van der Waals surface area contributed by atoms with Crippen LogP contribution in [0.3, 0.4) is 0 Å². The molecule has 0 spiro atoms.